The van der Waals surface area contributed by atoms with Gasteiger partial charge in [0.1, 0.15) is 5.82 Å². The van der Waals surface area contributed by atoms with Crippen molar-refractivity contribution in [2.75, 3.05) is 10.0 Å². The lowest BCUT2D eigenvalue weighted by Gasteiger charge is -2.10. The van der Waals surface area contributed by atoms with Gasteiger partial charge in [-0.1, -0.05) is 30.3 Å². The summed E-state index contributed by atoms with van der Waals surface area (Å²) in [5, 5.41) is 2.65. The molecule has 1 amide bonds. The molecule has 0 saturated heterocycles. The van der Waals surface area contributed by atoms with Crippen molar-refractivity contribution in [2.24, 2.45) is 0 Å². The number of pyridine rings is 1. The number of amides is 1. The fourth-order valence-corrected chi connectivity index (χ4v) is 3.23. The summed E-state index contributed by atoms with van der Waals surface area (Å²) in [4.78, 5) is 16.4. The molecule has 0 aliphatic carbocycles. The first-order valence-electron chi connectivity index (χ1n) is 7.45. The Morgan fingerprint density at radius 1 is 0.880 bits per heavy atom. The summed E-state index contributed by atoms with van der Waals surface area (Å²) in [6, 6.07) is 19.4. The lowest BCUT2D eigenvalue weighted by atomic mass is 10.2. The second-order valence-corrected chi connectivity index (χ2v) is 6.85. The molecule has 0 aliphatic heterocycles. The molecule has 0 spiro atoms. The van der Waals surface area contributed by atoms with Crippen LogP contribution in [0.2, 0.25) is 0 Å². The molecule has 126 valence electrons. The Kier molecular flexibility index (Phi) is 4.76. The van der Waals surface area contributed by atoms with Gasteiger partial charge >= 0.3 is 0 Å². The normalized spacial score (nSPS) is 10.9. The largest absolute Gasteiger partial charge is 0.307 e. The van der Waals surface area contributed by atoms with E-state index >= 15 is 0 Å². The van der Waals surface area contributed by atoms with Crippen LogP contribution in [-0.2, 0) is 10.0 Å². The number of hydrogen-bond acceptors (Lipinski definition) is 4. The van der Waals surface area contributed by atoms with Crippen molar-refractivity contribution < 1.29 is 13.2 Å². The minimum atomic E-state index is -3.71. The predicted molar refractivity (Wildman–Crippen MR) is 95.9 cm³/mol. The Labute approximate surface area is 145 Å². The van der Waals surface area contributed by atoms with Crippen LogP contribution >= 0.6 is 0 Å². The Morgan fingerprint density at radius 3 is 2.36 bits per heavy atom. The smallest absolute Gasteiger partial charge is 0.261 e. The maximum absolute atomic E-state index is 12.4. The molecule has 3 rings (SSSR count). The SMILES string of the molecule is O=C(Nc1ccccn1)c1cccc(NS(=O)(=O)c2ccccc2)c1. The van der Waals surface area contributed by atoms with Crippen molar-refractivity contribution in [3.8, 4) is 0 Å². The molecule has 1 heterocycles. The molecule has 0 fully saturated rings. The molecule has 6 nitrogen and oxygen atoms in total. The summed E-state index contributed by atoms with van der Waals surface area (Å²) in [5.41, 5.74) is 0.622. The number of hydrogen-bond donors (Lipinski definition) is 2. The number of sulfonamides is 1. The minimum absolute atomic E-state index is 0.151. The molecular formula is C18H15N3O3S. The summed E-state index contributed by atoms with van der Waals surface area (Å²) in [5.74, 6) is 0.0437. The van der Waals surface area contributed by atoms with Crippen LogP contribution < -0.4 is 10.0 Å². The zero-order chi connectivity index (χ0) is 17.7. The average Bonchev–Trinajstić information content (AvgIpc) is 2.63. The number of carbonyl (C=O) groups is 1. The van der Waals surface area contributed by atoms with Gasteiger partial charge in [-0.25, -0.2) is 13.4 Å². The molecule has 0 saturated carbocycles. The lowest BCUT2D eigenvalue weighted by Crippen LogP contribution is -2.15. The van der Waals surface area contributed by atoms with Crippen LogP contribution in [0.5, 0.6) is 0 Å². The highest BCUT2D eigenvalue weighted by molar-refractivity contribution is 7.92. The van der Waals surface area contributed by atoms with E-state index in [1.54, 1.807) is 60.8 Å². The second-order valence-electron chi connectivity index (χ2n) is 5.17. The van der Waals surface area contributed by atoms with Crippen LogP contribution in [0.3, 0.4) is 0 Å². The number of nitrogens with one attached hydrogen (secondary N) is 2. The number of rotatable bonds is 5. The van der Waals surface area contributed by atoms with Crippen molar-refractivity contribution in [1.82, 2.24) is 4.98 Å². The molecule has 25 heavy (non-hydrogen) atoms. The first-order chi connectivity index (χ1) is 12.0. The van der Waals surface area contributed by atoms with Crippen LogP contribution in [0.1, 0.15) is 10.4 Å². The van der Waals surface area contributed by atoms with E-state index in [0.29, 0.717) is 17.1 Å². The van der Waals surface area contributed by atoms with E-state index in [1.165, 1.54) is 18.2 Å². The summed E-state index contributed by atoms with van der Waals surface area (Å²) in [6.45, 7) is 0. The van der Waals surface area contributed by atoms with E-state index in [-0.39, 0.29) is 10.8 Å². The third-order valence-corrected chi connectivity index (χ3v) is 4.73. The molecular weight excluding hydrogens is 338 g/mol. The van der Waals surface area contributed by atoms with Gasteiger partial charge < -0.3 is 5.32 Å². The van der Waals surface area contributed by atoms with Crippen molar-refractivity contribution >= 4 is 27.4 Å². The Balaban J connectivity index is 1.79. The number of carbonyl (C=O) groups excluding carboxylic acids is 1. The van der Waals surface area contributed by atoms with Crippen LogP contribution in [0, 0.1) is 0 Å². The van der Waals surface area contributed by atoms with E-state index in [0.717, 1.165) is 0 Å². The fourth-order valence-electron chi connectivity index (χ4n) is 2.16. The molecule has 3 aromatic rings. The highest BCUT2D eigenvalue weighted by Crippen LogP contribution is 2.17. The first kappa shape index (κ1) is 16.7. The maximum Gasteiger partial charge on any atom is 0.261 e. The second kappa shape index (κ2) is 7.14. The lowest BCUT2D eigenvalue weighted by molar-refractivity contribution is 0.102. The quantitative estimate of drug-likeness (QED) is 0.737. The number of benzene rings is 2. The van der Waals surface area contributed by atoms with E-state index in [2.05, 4.69) is 15.0 Å². The Morgan fingerprint density at radius 2 is 1.64 bits per heavy atom. The zero-order valence-corrected chi connectivity index (χ0v) is 13.9. The Bertz CT molecular complexity index is 975. The first-order valence-corrected chi connectivity index (χ1v) is 8.93. The van der Waals surface area contributed by atoms with Crippen LogP contribution in [0.15, 0.2) is 83.9 Å². The highest BCUT2D eigenvalue weighted by Gasteiger charge is 2.14. The van der Waals surface area contributed by atoms with E-state index in [9.17, 15) is 13.2 Å². The molecule has 0 atom stereocenters. The number of anilines is 2. The molecule has 0 aliphatic rings. The van der Waals surface area contributed by atoms with Crippen LogP contribution in [0.25, 0.3) is 0 Å². The summed E-state index contributed by atoms with van der Waals surface area (Å²) >= 11 is 0. The van der Waals surface area contributed by atoms with Gasteiger partial charge in [0.2, 0.25) is 0 Å². The molecule has 0 unspecified atom stereocenters. The molecule has 7 heteroatoms. The maximum atomic E-state index is 12.4. The van der Waals surface area contributed by atoms with E-state index in [1.807, 2.05) is 0 Å². The van der Waals surface area contributed by atoms with Gasteiger partial charge in [0.25, 0.3) is 15.9 Å². The number of nitrogens with zero attached hydrogens (tertiary/aromatic N) is 1. The van der Waals surface area contributed by atoms with Gasteiger partial charge in [-0.2, -0.15) is 0 Å². The van der Waals surface area contributed by atoms with Gasteiger partial charge in [-0.3, -0.25) is 9.52 Å². The molecule has 2 aromatic carbocycles. The number of aromatic nitrogens is 1. The van der Waals surface area contributed by atoms with Crippen LogP contribution in [0.4, 0.5) is 11.5 Å². The van der Waals surface area contributed by atoms with Crippen molar-refractivity contribution in [1.29, 1.82) is 0 Å². The van der Waals surface area contributed by atoms with Crippen molar-refractivity contribution in [2.45, 2.75) is 4.90 Å². The summed E-state index contributed by atoms with van der Waals surface area (Å²) < 4.78 is 27.2. The average molecular weight is 353 g/mol. The summed E-state index contributed by atoms with van der Waals surface area (Å²) in [7, 11) is -3.71. The molecule has 0 radical (unpaired) electrons. The monoisotopic (exact) mass is 353 g/mol. The van der Waals surface area contributed by atoms with Crippen LogP contribution in [-0.4, -0.2) is 19.3 Å². The van der Waals surface area contributed by atoms with Gasteiger partial charge in [0.15, 0.2) is 0 Å². The summed E-state index contributed by atoms with van der Waals surface area (Å²) in [6.07, 6.45) is 1.57. The standard InChI is InChI=1S/C18H15N3O3S/c22-18(20-17-11-4-5-12-19-17)14-7-6-8-15(13-14)21-25(23,24)16-9-2-1-3-10-16/h1-13,21H,(H,19,20,22). The van der Waals surface area contributed by atoms with E-state index < -0.39 is 10.0 Å². The Hall–Kier alpha value is -3.19. The van der Waals surface area contributed by atoms with Gasteiger partial charge in [-0.15, -0.1) is 0 Å². The highest BCUT2D eigenvalue weighted by atomic mass is 32.2. The molecule has 2 N–H and O–H groups in total. The topological polar surface area (TPSA) is 88.2 Å². The predicted octanol–water partition coefficient (Wildman–Crippen LogP) is 3.13. The van der Waals surface area contributed by atoms with Crippen molar-refractivity contribution in [3.63, 3.8) is 0 Å². The minimum Gasteiger partial charge on any atom is -0.307 e. The fraction of sp³-hybridized carbons (Fsp3) is 0. The van der Waals surface area contributed by atoms with Gasteiger partial charge in [0, 0.05) is 17.4 Å². The van der Waals surface area contributed by atoms with Gasteiger partial charge in [0.05, 0.1) is 4.90 Å². The van der Waals surface area contributed by atoms with Gasteiger partial charge in [-0.05, 0) is 42.5 Å². The zero-order valence-electron chi connectivity index (χ0n) is 13.1. The molecule has 1 aromatic heterocycles. The van der Waals surface area contributed by atoms with Crippen molar-refractivity contribution in [3.05, 3.63) is 84.6 Å². The third kappa shape index (κ3) is 4.21. The molecule has 0 bridgehead atoms. The third-order valence-electron chi connectivity index (χ3n) is 3.34. The van der Waals surface area contributed by atoms with E-state index in [4.69, 9.17) is 0 Å².